The summed E-state index contributed by atoms with van der Waals surface area (Å²) in [6.45, 7) is 1.85. The third kappa shape index (κ3) is 3.64. The summed E-state index contributed by atoms with van der Waals surface area (Å²) in [6.07, 6.45) is 2.89. The second kappa shape index (κ2) is 5.27. The molecule has 0 saturated heterocycles. The molecule has 0 aliphatic heterocycles. The van der Waals surface area contributed by atoms with Crippen LogP contribution in [0.2, 0.25) is 5.02 Å². The lowest BCUT2D eigenvalue weighted by Crippen LogP contribution is -2.24. The van der Waals surface area contributed by atoms with E-state index < -0.39 is 10.8 Å². The van der Waals surface area contributed by atoms with Crippen molar-refractivity contribution in [3.05, 3.63) is 21.7 Å². The molecule has 1 heterocycles. The van der Waals surface area contributed by atoms with Gasteiger partial charge in [0.2, 0.25) is 0 Å². The van der Waals surface area contributed by atoms with E-state index >= 15 is 0 Å². The first-order chi connectivity index (χ1) is 7.00. The third-order valence-corrected chi connectivity index (χ3v) is 2.98. The Morgan fingerprint density at radius 3 is 3.00 bits per heavy atom. The Morgan fingerprint density at radius 2 is 2.40 bits per heavy atom. The topological polar surface area (TPSA) is 74.8 Å². The molecule has 2 atom stereocenters. The monoisotopic (exact) mass is 249 g/mol. The second-order valence-corrected chi connectivity index (χ2v) is 5.04. The molecular formula is C8H12ClN3O2S. The van der Waals surface area contributed by atoms with Crippen LogP contribution in [-0.4, -0.2) is 32.2 Å². The number of hydrogen-bond acceptors (Lipinski definition) is 4. The molecule has 2 unspecified atom stereocenters. The Balaban J connectivity index is 2.76. The summed E-state index contributed by atoms with van der Waals surface area (Å²) in [5.41, 5.74) is -0.390. The molecule has 1 aromatic rings. The molecule has 2 N–H and O–H groups in total. The van der Waals surface area contributed by atoms with Crippen molar-refractivity contribution in [2.75, 3.05) is 17.3 Å². The number of halogens is 1. The Morgan fingerprint density at radius 1 is 1.73 bits per heavy atom. The van der Waals surface area contributed by atoms with E-state index in [1.807, 2.05) is 6.92 Å². The number of rotatable bonds is 4. The van der Waals surface area contributed by atoms with Gasteiger partial charge >= 0.3 is 0 Å². The minimum Gasteiger partial charge on any atom is -0.365 e. The van der Waals surface area contributed by atoms with Gasteiger partial charge in [-0.05, 0) is 6.92 Å². The van der Waals surface area contributed by atoms with Gasteiger partial charge in [0.05, 0.1) is 6.33 Å². The standard InChI is InChI=1S/C8H12ClN3O2S/c1-5(3-15(2)14)12-7-6(9)8(13)11-4-10-7/h4-5H,3H2,1-2H3,(H2,10,11,12,13). The number of aromatic amines is 1. The van der Waals surface area contributed by atoms with Gasteiger partial charge in [0.25, 0.3) is 5.56 Å². The zero-order chi connectivity index (χ0) is 11.4. The van der Waals surface area contributed by atoms with Crippen LogP contribution < -0.4 is 10.9 Å². The molecule has 0 aromatic carbocycles. The van der Waals surface area contributed by atoms with Crippen molar-refractivity contribution in [1.29, 1.82) is 0 Å². The van der Waals surface area contributed by atoms with E-state index in [0.29, 0.717) is 11.6 Å². The SMILES string of the molecule is CC(CS(C)=O)Nc1nc[nH]c(=O)c1Cl. The van der Waals surface area contributed by atoms with Crippen molar-refractivity contribution >= 4 is 28.2 Å². The maximum Gasteiger partial charge on any atom is 0.271 e. The van der Waals surface area contributed by atoms with Gasteiger partial charge in [0.1, 0.15) is 5.02 Å². The Bertz CT molecular complexity index is 421. The van der Waals surface area contributed by atoms with E-state index in [-0.39, 0.29) is 16.6 Å². The summed E-state index contributed by atoms with van der Waals surface area (Å²) in [4.78, 5) is 17.4. The molecule has 7 heteroatoms. The number of anilines is 1. The van der Waals surface area contributed by atoms with Crippen LogP contribution in [0.5, 0.6) is 0 Å². The van der Waals surface area contributed by atoms with Gasteiger partial charge in [-0.3, -0.25) is 9.00 Å². The fourth-order valence-electron chi connectivity index (χ4n) is 1.11. The molecule has 0 spiro atoms. The molecule has 0 saturated carbocycles. The Labute approximate surface area is 94.7 Å². The second-order valence-electron chi connectivity index (χ2n) is 3.18. The number of aromatic nitrogens is 2. The fourth-order valence-corrected chi connectivity index (χ4v) is 2.06. The van der Waals surface area contributed by atoms with Crippen molar-refractivity contribution in [3.8, 4) is 0 Å². The number of nitrogens with one attached hydrogen (secondary N) is 2. The van der Waals surface area contributed by atoms with Gasteiger partial charge in [-0.15, -0.1) is 0 Å². The minimum atomic E-state index is -0.901. The van der Waals surface area contributed by atoms with Gasteiger partial charge < -0.3 is 10.3 Å². The molecular weight excluding hydrogens is 238 g/mol. The van der Waals surface area contributed by atoms with Crippen LogP contribution in [0.4, 0.5) is 5.82 Å². The van der Waals surface area contributed by atoms with E-state index in [1.165, 1.54) is 6.33 Å². The molecule has 5 nitrogen and oxygen atoms in total. The van der Waals surface area contributed by atoms with Crippen LogP contribution in [-0.2, 0) is 10.8 Å². The largest absolute Gasteiger partial charge is 0.365 e. The molecule has 0 aliphatic carbocycles. The quantitative estimate of drug-likeness (QED) is 0.820. The summed E-state index contributed by atoms with van der Waals surface area (Å²) in [5.74, 6) is 0.795. The first-order valence-corrected chi connectivity index (χ1v) is 6.41. The molecule has 0 radical (unpaired) electrons. The third-order valence-electron chi connectivity index (χ3n) is 1.66. The Hall–Kier alpha value is -0.880. The minimum absolute atomic E-state index is 0.0197. The van der Waals surface area contributed by atoms with E-state index in [0.717, 1.165) is 0 Å². The lowest BCUT2D eigenvalue weighted by atomic mass is 10.4. The highest BCUT2D eigenvalue weighted by Gasteiger charge is 2.09. The number of H-pyrrole nitrogens is 1. The zero-order valence-corrected chi connectivity index (χ0v) is 9.98. The smallest absolute Gasteiger partial charge is 0.271 e. The van der Waals surface area contributed by atoms with E-state index in [4.69, 9.17) is 11.6 Å². The van der Waals surface area contributed by atoms with Gasteiger partial charge in [0.15, 0.2) is 5.82 Å². The van der Waals surface area contributed by atoms with Crippen LogP contribution in [0, 0.1) is 0 Å². The summed E-state index contributed by atoms with van der Waals surface area (Å²) in [5, 5.41) is 2.95. The predicted molar refractivity (Wildman–Crippen MR) is 61.9 cm³/mol. The summed E-state index contributed by atoms with van der Waals surface area (Å²) >= 11 is 5.73. The molecule has 0 bridgehead atoms. The van der Waals surface area contributed by atoms with Crippen LogP contribution in [0.15, 0.2) is 11.1 Å². The predicted octanol–water partition coefficient (Wildman–Crippen LogP) is 0.602. The van der Waals surface area contributed by atoms with Crippen molar-refractivity contribution < 1.29 is 4.21 Å². The molecule has 1 rings (SSSR count). The summed E-state index contributed by atoms with van der Waals surface area (Å²) < 4.78 is 10.9. The van der Waals surface area contributed by atoms with E-state index in [1.54, 1.807) is 6.26 Å². The normalized spacial score (nSPS) is 14.6. The maximum absolute atomic E-state index is 11.1. The molecule has 0 fully saturated rings. The average molecular weight is 250 g/mol. The molecule has 15 heavy (non-hydrogen) atoms. The van der Waals surface area contributed by atoms with Crippen LogP contribution >= 0.6 is 11.6 Å². The highest BCUT2D eigenvalue weighted by Crippen LogP contribution is 2.13. The van der Waals surface area contributed by atoms with Crippen molar-refractivity contribution in [2.45, 2.75) is 13.0 Å². The maximum atomic E-state index is 11.1. The van der Waals surface area contributed by atoms with Crippen molar-refractivity contribution in [3.63, 3.8) is 0 Å². The van der Waals surface area contributed by atoms with Gasteiger partial charge in [-0.25, -0.2) is 4.98 Å². The Kier molecular flexibility index (Phi) is 4.28. The van der Waals surface area contributed by atoms with Crippen LogP contribution in [0.3, 0.4) is 0 Å². The first kappa shape index (κ1) is 12.2. The average Bonchev–Trinajstić information content (AvgIpc) is 2.11. The highest BCUT2D eigenvalue weighted by molar-refractivity contribution is 7.84. The van der Waals surface area contributed by atoms with Gasteiger partial charge in [-0.2, -0.15) is 0 Å². The zero-order valence-electron chi connectivity index (χ0n) is 8.41. The lowest BCUT2D eigenvalue weighted by molar-refractivity contribution is 0.683. The molecule has 84 valence electrons. The first-order valence-electron chi connectivity index (χ1n) is 4.30. The van der Waals surface area contributed by atoms with Crippen LogP contribution in [0.25, 0.3) is 0 Å². The van der Waals surface area contributed by atoms with E-state index in [2.05, 4.69) is 15.3 Å². The van der Waals surface area contributed by atoms with Crippen molar-refractivity contribution in [1.82, 2.24) is 9.97 Å². The lowest BCUT2D eigenvalue weighted by Gasteiger charge is -2.13. The highest BCUT2D eigenvalue weighted by atomic mass is 35.5. The van der Waals surface area contributed by atoms with Gasteiger partial charge in [-0.1, -0.05) is 11.6 Å². The van der Waals surface area contributed by atoms with Crippen molar-refractivity contribution in [2.24, 2.45) is 0 Å². The van der Waals surface area contributed by atoms with Crippen LogP contribution in [0.1, 0.15) is 6.92 Å². The number of nitrogens with zero attached hydrogens (tertiary/aromatic N) is 1. The fraction of sp³-hybridized carbons (Fsp3) is 0.500. The molecule has 0 aliphatic rings. The molecule has 0 amide bonds. The summed E-state index contributed by atoms with van der Waals surface area (Å²) in [7, 11) is -0.901. The number of hydrogen-bond donors (Lipinski definition) is 2. The summed E-state index contributed by atoms with van der Waals surface area (Å²) in [6, 6.07) is -0.0531. The van der Waals surface area contributed by atoms with Gasteiger partial charge in [0, 0.05) is 28.9 Å². The molecule has 1 aromatic heterocycles. The van der Waals surface area contributed by atoms with E-state index in [9.17, 15) is 9.00 Å².